The molecule has 1 aromatic carbocycles. The van der Waals surface area contributed by atoms with Crippen molar-refractivity contribution in [1.82, 2.24) is 0 Å². The van der Waals surface area contributed by atoms with E-state index in [2.05, 4.69) is 5.43 Å². The molecular weight excluding hydrogens is 195 g/mol. The van der Waals surface area contributed by atoms with E-state index in [1.807, 2.05) is 19.1 Å². The number of benzene rings is 1. The summed E-state index contributed by atoms with van der Waals surface area (Å²) >= 11 is 11.8. The number of hydrazine groups is 1. The van der Waals surface area contributed by atoms with Gasteiger partial charge in [-0.1, -0.05) is 30.1 Å². The van der Waals surface area contributed by atoms with Gasteiger partial charge in [-0.3, -0.25) is 5.84 Å². The van der Waals surface area contributed by atoms with E-state index in [-0.39, 0.29) is 0 Å². The second kappa shape index (κ2) is 3.99. The lowest BCUT2D eigenvalue weighted by Gasteiger charge is -2.07. The molecule has 0 unspecified atom stereocenters. The maximum atomic E-state index is 5.89. The second-order valence-electron chi connectivity index (χ2n) is 2.43. The Labute approximate surface area is 81.6 Å². The molecule has 1 aromatic rings. The van der Waals surface area contributed by atoms with E-state index in [1.54, 1.807) is 0 Å². The maximum absolute atomic E-state index is 5.89. The van der Waals surface area contributed by atoms with Crippen molar-refractivity contribution in [3.63, 3.8) is 0 Å². The quantitative estimate of drug-likeness (QED) is 0.575. The standard InChI is InChI=1S/C8H10Cl2N2/c1-2-5-3-6(9)8(12-11)7(10)4-5/h3-4,12H,2,11H2,1H3. The minimum Gasteiger partial charge on any atom is -0.321 e. The van der Waals surface area contributed by atoms with Gasteiger partial charge in [-0.2, -0.15) is 0 Å². The van der Waals surface area contributed by atoms with Crippen LogP contribution in [0.1, 0.15) is 12.5 Å². The van der Waals surface area contributed by atoms with Crippen LogP contribution in [0.5, 0.6) is 0 Å². The summed E-state index contributed by atoms with van der Waals surface area (Å²) < 4.78 is 0. The highest BCUT2D eigenvalue weighted by Crippen LogP contribution is 2.30. The zero-order valence-electron chi connectivity index (χ0n) is 6.70. The molecule has 12 heavy (non-hydrogen) atoms. The van der Waals surface area contributed by atoms with Crippen LogP contribution < -0.4 is 11.3 Å². The molecule has 2 nitrogen and oxygen atoms in total. The number of hydrogen-bond donors (Lipinski definition) is 2. The Morgan fingerprint density at radius 1 is 1.33 bits per heavy atom. The fraction of sp³-hybridized carbons (Fsp3) is 0.250. The highest BCUT2D eigenvalue weighted by Gasteiger charge is 2.05. The molecule has 4 heteroatoms. The van der Waals surface area contributed by atoms with Crippen LogP contribution in [-0.4, -0.2) is 0 Å². The molecule has 0 saturated heterocycles. The van der Waals surface area contributed by atoms with Crippen LogP contribution in [0.2, 0.25) is 10.0 Å². The lowest BCUT2D eigenvalue weighted by atomic mass is 10.1. The SMILES string of the molecule is CCc1cc(Cl)c(NN)c(Cl)c1. The topological polar surface area (TPSA) is 38.0 Å². The summed E-state index contributed by atoms with van der Waals surface area (Å²) in [6, 6.07) is 3.70. The van der Waals surface area contributed by atoms with Gasteiger partial charge in [-0.15, -0.1) is 0 Å². The van der Waals surface area contributed by atoms with Crippen molar-refractivity contribution in [2.24, 2.45) is 5.84 Å². The Kier molecular flexibility index (Phi) is 3.20. The van der Waals surface area contributed by atoms with E-state index in [0.717, 1.165) is 12.0 Å². The third-order valence-corrected chi connectivity index (χ3v) is 2.25. The average molecular weight is 205 g/mol. The normalized spacial score (nSPS) is 10.0. The first-order valence-electron chi connectivity index (χ1n) is 3.63. The van der Waals surface area contributed by atoms with Crippen LogP contribution >= 0.6 is 23.2 Å². The van der Waals surface area contributed by atoms with Crippen molar-refractivity contribution in [3.05, 3.63) is 27.7 Å². The van der Waals surface area contributed by atoms with Crippen LogP contribution in [0.25, 0.3) is 0 Å². The fourth-order valence-corrected chi connectivity index (χ4v) is 1.61. The molecule has 0 aliphatic rings. The Morgan fingerprint density at radius 2 is 1.83 bits per heavy atom. The van der Waals surface area contributed by atoms with Crippen molar-refractivity contribution in [1.29, 1.82) is 0 Å². The third kappa shape index (κ3) is 1.83. The van der Waals surface area contributed by atoms with Crippen LogP contribution in [0, 0.1) is 0 Å². The minimum atomic E-state index is 0.557. The van der Waals surface area contributed by atoms with Crippen molar-refractivity contribution in [2.75, 3.05) is 5.43 Å². The summed E-state index contributed by atoms with van der Waals surface area (Å²) in [5, 5.41) is 1.11. The predicted octanol–water partition coefficient (Wildman–Crippen LogP) is 2.84. The molecule has 0 aliphatic carbocycles. The molecule has 0 aromatic heterocycles. The number of halogens is 2. The predicted molar refractivity (Wildman–Crippen MR) is 53.7 cm³/mol. The molecule has 0 spiro atoms. The van der Waals surface area contributed by atoms with E-state index in [0.29, 0.717) is 15.7 Å². The van der Waals surface area contributed by atoms with E-state index in [1.165, 1.54) is 0 Å². The summed E-state index contributed by atoms with van der Waals surface area (Å²) in [5.74, 6) is 5.22. The maximum Gasteiger partial charge on any atom is 0.0861 e. The highest BCUT2D eigenvalue weighted by molar-refractivity contribution is 6.39. The summed E-state index contributed by atoms with van der Waals surface area (Å²) in [4.78, 5) is 0. The number of anilines is 1. The third-order valence-electron chi connectivity index (χ3n) is 1.65. The first kappa shape index (κ1) is 9.65. The van der Waals surface area contributed by atoms with Gasteiger partial charge in [0.05, 0.1) is 15.7 Å². The zero-order chi connectivity index (χ0) is 9.14. The molecule has 1 rings (SSSR count). The molecule has 0 amide bonds. The molecule has 3 N–H and O–H groups in total. The van der Waals surface area contributed by atoms with E-state index in [4.69, 9.17) is 29.0 Å². The summed E-state index contributed by atoms with van der Waals surface area (Å²) in [7, 11) is 0. The summed E-state index contributed by atoms with van der Waals surface area (Å²) in [5.41, 5.74) is 4.13. The first-order chi connectivity index (χ1) is 5.69. The fourth-order valence-electron chi connectivity index (χ4n) is 0.968. The summed E-state index contributed by atoms with van der Waals surface area (Å²) in [6.07, 6.45) is 0.907. The Balaban J connectivity index is 3.18. The Bertz CT molecular complexity index is 263. The van der Waals surface area contributed by atoms with Crippen LogP contribution in [0.3, 0.4) is 0 Å². The Hall–Kier alpha value is -0.440. The van der Waals surface area contributed by atoms with E-state index >= 15 is 0 Å². The van der Waals surface area contributed by atoms with Crippen molar-refractivity contribution >= 4 is 28.9 Å². The van der Waals surface area contributed by atoms with Gasteiger partial charge in [0.25, 0.3) is 0 Å². The van der Waals surface area contributed by atoms with Crippen molar-refractivity contribution in [2.45, 2.75) is 13.3 Å². The van der Waals surface area contributed by atoms with Crippen LogP contribution in [0.4, 0.5) is 5.69 Å². The van der Waals surface area contributed by atoms with Gasteiger partial charge in [0, 0.05) is 0 Å². The smallest absolute Gasteiger partial charge is 0.0861 e. The largest absolute Gasteiger partial charge is 0.321 e. The molecule has 0 saturated carbocycles. The molecule has 0 fully saturated rings. The molecule has 0 radical (unpaired) electrons. The van der Waals surface area contributed by atoms with E-state index in [9.17, 15) is 0 Å². The van der Waals surface area contributed by atoms with Gasteiger partial charge >= 0.3 is 0 Å². The van der Waals surface area contributed by atoms with Crippen molar-refractivity contribution in [3.8, 4) is 0 Å². The lowest BCUT2D eigenvalue weighted by molar-refractivity contribution is 1.14. The number of rotatable bonds is 2. The van der Waals surface area contributed by atoms with Crippen LogP contribution in [-0.2, 0) is 6.42 Å². The minimum absolute atomic E-state index is 0.557. The van der Waals surface area contributed by atoms with Gasteiger partial charge in [-0.25, -0.2) is 0 Å². The number of nitrogen functional groups attached to an aromatic ring is 1. The van der Waals surface area contributed by atoms with Gasteiger partial charge < -0.3 is 5.43 Å². The van der Waals surface area contributed by atoms with Gasteiger partial charge in [0.1, 0.15) is 0 Å². The average Bonchev–Trinajstić information content (AvgIpc) is 2.03. The number of nitrogens with two attached hydrogens (primary N) is 1. The number of aryl methyl sites for hydroxylation is 1. The number of nitrogens with one attached hydrogen (secondary N) is 1. The molecule has 0 atom stereocenters. The monoisotopic (exact) mass is 204 g/mol. The van der Waals surface area contributed by atoms with Gasteiger partial charge in [0.2, 0.25) is 0 Å². The van der Waals surface area contributed by atoms with Crippen LogP contribution in [0.15, 0.2) is 12.1 Å². The molecular formula is C8H10Cl2N2. The molecule has 0 bridgehead atoms. The molecule has 0 aliphatic heterocycles. The number of hydrogen-bond acceptors (Lipinski definition) is 2. The molecule has 0 heterocycles. The molecule has 66 valence electrons. The van der Waals surface area contributed by atoms with E-state index < -0.39 is 0 Å². The van der Waals surface area contributed by atoms with Gasteiger partial charge in [-0.05, 0) is 24.1 Å². The second-order valence-corrected chi connectivity index (χ2v) is 3.25. The first-order valence-corrected chi connectivity index (χ1v) is 4.39. The van der Waals surface area contributed by atoms with Gasteiger partial charge in [0.15, 0.2) is 0 Å². The Morgan fingerprint density at radius 3 is 2.17 bits per heavy atom. The lowest BCUT2D eigenvalue weighted by Crippen LogP contribution is -2.08. The van der Waals surface area contributed by atoms with Crippen molar-refractivity contribution < 1.29 is 0 Å². The summed E-state index contributed by atoms with van der Waals surface area (Å²) in [6.45, 7) is 2.04. The highest BCUT2D eigenvalue weighted by atomic mass is 35.5. The zero-order valence-corrected chi connectivity index (χ0v) is 8.21.